The Labute approximate surface area is 124 Å². The van der Waals surface area contributed by atoms with Gasteiger partial charge in [-0.3, -0.25) is 4.79 Å². The van der Waals surface area contributed by atoms with Crippen LogP contribution in [0.3, 0.4) is 0 Å². The summed E-state index contributed by atoms with van der Waals surface area (Å²) in [5, 5.41) is 14.4. The Morgan fingerprint density at radius 3 is 2.57 bits per heavy atom. The molecule has 0 saturated heterocycles. The van der Waals surface area contributed by atoms with Crippen molar-refractivity contribution in [3.63, 3.8) is 0 Å². The molecule has 0 spiro atoms. The molecule has 2 aromatic carbocycles. The number of carboxylic acid groups (broad SMARTS) is 1. The highest BCUT2D eigenvalue weighted by Crippen LogP contribution is 2.20. The molecule has 0 aliphatic carbocycles. The van der Waals surface area contributed by atoms with E-state index in [1.54, 1.807) is 0 Å². The zero-order chi connectivity index (χ0) is 15.2. The molecule has 0 bridgehead atoms. The molecule has 0 amide bonds. The van der Waals surface area contributed by atoms with Crippen molar-refractivity contribution in [1.82, 2.24) is 5.32 Å². The van der Waals surface area contributed by atoms with Crippen LogP contribution in [0.5, 0.6) is 5.75 Å². The lowest BCUT2D eigenvalue weighted by Crippen LogP contribution is -2.42. The number of hydrogen-bond donors (Lipinski definition) is 2. The molecular weight excluding hydrogens is 266 g/mol. The molecule has 0 aromatic heterocycles. The highest BCUT2D eigenvalue weighted by atomic mass is 16.5. The van der Waals surface area contributed by atoms with Gasteiger partial charge in [0, 0.05) is 6.54 Å². The van der Waals surface area contributed by atoms with Crippen molar-refractivity contribution in [3.05, 3.63) is 42.5 Å². The highest BCUT2D eigenvalue weighted by molar-refractivity contribution is 5.83. The second-order valence-electron chi connectivity index (χ2n) is 5.37. The maximum atomic E-state index is 11.0. The second-order valence-corrected chi connectivity index (χ2v) is 5.37. The Morgan fingerprint density at radius 2 is 1.90 bits per heavy atom. The molecule has 0 heterocycles. The molecule has 1 atom stereocenters. The molecule has 0 aliphatic rings. The molecule has 21 heavy (non-hydrogen) atoms. The van der Waals surface area contributed by atoms with E-state index in [4.69, 9.17) is 9.84 Å². The molecule has 0 radical (unpaired) electrons. The van der Waals surface area contributed by atoms with E-state index in [2.05, 4.69) is 11.4 Å². The Morgan fingerprint density at radius 1 is 1.19 bits per heavy atom. The predicted octanol–water partition coefficient (Wildman–Crippen LogP) is 2.92. The van der Waals surface area contributed by atoms with Gasteiger partial charge in [0.2, 0.25) is 0 Å². The number of fused-ring (bicyclic) bond motifs is 1. The van der Waals surface area contributed by atoms with Crippen LogP contribution in [0.4, 0.5) is 0 Å². The van der Waals surface area contributed by atoms with E-state index in [0.717, 1.165) is 11.1 Å². The molecule has 0 saturated carbocycles. The summed E-state index contributed by atoms with van der Waals surface area (Å²) in [4.78, 5) is 11.0. The van der Waals surface area contributed by atoms with Gasteiger partial charge in [-0.15, -0.1) is 0 Å². The summed E-state index contributed by atoms with van der Waals surface area (Å²) in [6.07, 6.45) is 0. The van der Waals surface area contributed by atoms with Gasteiger partial charge in [0.25, 0.3) is 0 Å². The summed E-state index contributed by atoms with van der Waals surface area (Å²) in [6, 6.07) is 13.5. The number of nitrogens with one attached hydrogen (secondary N) is 1. The maximum Gasteiger partial charge on any atom is 0.320 e. The quantitative estimate of drug-likeness (QED) is 0.769. The fraction of sp³-hybridized carbons (Fsp3) is 0.353. The van der Waals surface area contributed by atoms with Crippen molar-refractivity contribution in [1.29, 1.82) is 0 Å². The van der Waals surface area contributed by atoms with Gasteiger partial charge >= 0.3 is 5.97 Å². The molecular formula is C17H21NO3. The third-order valence-corrected chi connectivity index (χ3v) is 3.39. The first kappa shape index (κ1) is 15.3. The van der Waals surface area contributed by atoms with E-state index in [-0.39, 0.29) is 5.92 Å². The Kier molecular flexibility index (Phi) is 5.17. The molecule has 4 heteroatoms. The molecule has 112 valence electrons. The van der Waals surface area contributed by atoms with Gasteiger partial charge in [-0.1, -0.05) is 44.2 Å². The minimum atomic E-state index is -0.823. The van der Waals surface area contributed by atoms with Crippen LogP contribution in [-0.4, -0.2) is 30.3 Å². The van der Waals surface area contributed by atoms with Crippen LogP contribution in [0.2, 0.25) is 0 Å². The Bertz CT molecular complexity index is 610. The average molecular weight is 287 g/mol. The molecule has 2 rings (SSSR count). The van der Waals surface area contributed by atoms with Gasteiger partial charge in [0.15, 0.2) is 0 Å². The van der Waals surface area contributed by atoms with Crippen molar-refractivity contribution < 1.29 is 14.6 Å². The van der Waals surface area contributed by atoms with Crippen molar-refractivity contribution in [2.45, 2.75) is 19.9 Å². The zero-order valence-electron chi connectivity index (χ0n) is 12.4. The number of ether oxygens (including phenoxy) is 1. The van der Waals surface area contributed by atoms with Crippen LogP contribution < -0.4 is 10.1 Å². The minimum absolute atomic E-state index is 0.0446. The number of carbonyl (C=O) groups is 1. The van der Waals surface area contributed by atoms with Crippen LogP contribution in [0.1, 0.15) is 13.8 Å². The van der Waals surface area contributed by atoms with E-state index in [9.17, 15) is 4.79 Å². The second kappa shape index (κ2) is 7.09. The van der Waals surface area contributed by atoms with Crippen LogP contribution >= 0.6 is 0 Å². The van der Waals surface area contributed by atoms with Gasteiger partial charge in [-0.05, 0) is 28.8 Å². The first-order chi connectivity index (χ1) is 10.1. The number of carboxylic acids is 1. The average Bonchev–Trinajstić information content (AvgIpc) is 2.46. The lowest BCUT2D eigenvalue weighted by atomic mass is 10.1. The largest absolute Gasteiger partial charge is 0.492 e. The van der Waals surface area contributed by atoms with Gasteiger partial charge in [0.1, 0.15) is 18.4 Å². The molecule has 2 N–H and O–H groups in total. The summed E-state index contributed by atoms with van der Waals surface area (Å²) in [7, 11) is 0. The van der Waals surface area contributed by atoms with Crippen molar-refractivity contribution in [2.24, 2.45) is 5.92 Å². The fourth-order valence-corrected chi connectivity index (χ4v) is 2.25. The summed E-state index contributed by atoms with van der Waals surface area (Å²) >= 11 is 0. The van der Waals surface area contributed by atoms with Crippen LogP contribution in [0, 0.1) is 5.92 Å². The smallest absolute Gasteiger partial charge is 0.320 e. The van der Waals surface area contributed by atoms with Crippen LogP contribution in [0.25, 0.3) is 10.8 Å². The summed E-state index contributed by atoms with van der Waals surface area (Å²) < 4.78 is 5.67. The zero-order valence-corrected chi connectivity index (χ0v) is 12.4. The number of hydrogen-bond acceptors (Lipinski definition) is 3. The van der Waals surface area contributed by atoms with Crippen molar-refractivity contribution in [3.8, 4) is 5.75 Å². The summed E-state index contributed by atoms with van der Waals surface area (Å²) in [5.74, 6) is 0.0193. The topological polar surface area (TPSA) is 58.6 Å². The number of benzene rings is 2. The van der Waals surface area contributed by atoms with Crippen molar-refractivity contribution >= 4 is 16.7 Å². The third-order valence-electron chi connectivity index (χ3n) is 3.39. The standard InChI is InChI=1S/C17H21NO3/c1-12(2)16(17(19)20)18-9-10-21-15-8-7-13-5-3-4-6-14(13)11-15/h3-8,11-12,16,18H,9-10H2,1-2H3,(H,19,20). The molecule has 1 unspecified atom stereocenters. The summed E-state index contributed by atoms with van der Waals surface area (Å²) in [6.45, 7) is 4.71. The maximum absolute atomic E-state index is 11.0. The molecule has 2 aromatic rings. The molecule has 4 nitrogen and oxygen atoms in total. The van der Waals surface area contributed by atoms with Crippen molar-refractivity contribution in [2.75, 3.05) is 13.2 Å². The monoisotopic (exact) mass is 287 g/mol. The van der Waals surface area contributed by atoms with E-state index in [1.807, 2.05) is 50.2 Å². The highest BCUT2D eigenvalue weighted by Gasteiger charge is 2.19. The first-order valence-electron chi connectivity index (χ1n) is 7.15. The van der Waals surface area contributed by atoms with E-state index >= 15 is 0 Å². The Balaban J connectivity index is 1.86. The number of rotatable bonds is 7. The first-order valence-corrected chi connectivity index (χ1v) is 7.15. The third kappa shape index (κ3) is 4.20. The minimum Gasteiger partial charge on any atom is -0.492 e. The van der Waals surface area contributed by atoms with E-state index in [0.29, 0.717) is 13.2 Å². The number of aliphatic carboxylic acids is 1. The van der Waals surface area contributed by atoms with Crippen LogP contribution in [-0.2, 0) is 4.79 Å². The molecule has 0 fully saturated rings. The van der Waals surface area contributed by atoms with Gasteiger partial charge in [-0.2, -0.15) is 0 Å². The van der Waals surface area contributed by atoms with Gasteiger partial charge in [-0.25, -0.2) is 0 Å². The van der Waals surface area contributed by atoms with Gasteiger partial charge in [0.05, 0.1) is 0 Å². The SMILES string of the molecule is CC(C)C(NCCOc1ccc2ccccc2c1)C(=O)O. The Hall–Kier alpha value is -2.07. The van der Waals surface area contributed by atoms with E-state index in [1.165, 1.54) is 5.39 Å². The summed E-state index contributed by atoms with van der Waals surface area (Å²) in [5.41, 5.74) is 0. The normalized spacial score (nSPS) is 12.5. The van der Waals surface area contributed by atoms with Gasteiger partial charge < -0.3 is 15.2 Å². The van der Waals surface area contributed by atoms with E-state index < -0.39 is 12.0 Å². The lowest BCUT2D eigenvalue weighted by Gasteiger charge is -2.18. The lowest BCUT2D eigenvalue weighted by molar-refractivity contribution is -0.140. The van der Waals surface area contributed by atoms with Crippen LogP contribution in [0.15, 0.2) is 42.5 Å². The fourth-order valence-electron chi connectivity index (χ4n) is 2.25. The molecule has 0 aliphatic heterocycles. The predicted molar refractivity (Wildman–Crippen MR) is 83.7 cm³/mol.